The molecule has 3 amide bonds. The molecule has 3 unspecified atom stereocenters. The van der Waals surface area contributed by atoms with Gasteiger partial charge in [0.1, 0.15) is 0 Å². The van der Waals surface area contributed by atoms with Crippen LogP contribution >= 0.6 is 11.3 Å². The van der Waals surface area contributed by atoms with Gasteiger partial charge in [0.15, 0.2) is 5.13 Å². The molecule has 0 spiro atoms. The summed E-state index contributed by atoms with van der Waals surface area (Å²) >= 11 is 1.32. The lowest BCUT2D eigenvalue weighted by molar-refractivity contribution is -0.142. The molecule has 0 radical (unpaired) electrons. The monoisotopic (exact) mass is 710 g/mol. The van der Waals surface area contributed by atoms with Crippen LogP contribution < -0.4 is 11.1 Å². The molecule has 2 aromatic rings. The van der Waals surface area contributed by atoms with Crippen molar-refractivity contribution in [2.75, 3.05) is 32.4 Å². The third kappa shape index (κ3) is 13.6. The molecule has 0 aliphatic heterocycles. The van der Waals surface area contributed by atoms with Gasteiger partial charge in [-0.1, -0.05) is 71.3 Å². The van der Waals surface area contributed by atoms with Crippen molar-refractivity contribution in [1.29, 1.82) is 0 Å². The maximum absolute atomic E-state index is 14.3. The van der Waals surface area contributed by atoms with Crippen LogP contribution in [-0.4, -0.2) is 81.4 Å². The summed E-state index contributed by atoms with van der Waals surface area (Å²) in [7, 11) is 1.77. The first kappa shape index (κ1) is 39.7. The van der Waals surface area contributed by atoms with E-state index in [1.54, 1.807) is 23.0 Å². The molecule has 11 heteroatoms. The van der Waals surface area contributed by atoms with Gasteiger partial charge in [0.05, 0.1) is 30.3 Å². The van der Waals surface area contributed by atoms with E-state index in [2.05, 4.69) is 29.1 Å². The average Bonchev–Trinajstić information content (AvgIpc) is 3.53. The molecule has 2 aromatic heterocycles. The van der Waals surface area contributed by atoms with Gasteiger partial charge in [-0.3, -0.25) is 19.4 Å². The lowest BCUT2D eigenvalue weighted by Crippen LogP contribution is -2.49. The molecule has 2 heterocycles. The number of nitrogens with zero attached hydrogens (tertiary/aromatic N) is 4. The lowest BCUT2D eigenvalue weighted by Gasteiger charge is -2.33. The molecule has 0 saturated heterocycles. The van der Waals surface area contributed by atoms with Crippen molar-refractivity contribution in [2.24, 2.45) is 23.7 Å². The number of nitrogens with two attached hydrogens (primary N) is 1. The fourth-order valence-electron chi connectivity index (χ4n) is 7.54. The molecule has 2 aliphatic carbocycles. The zero-order valence-corrected chi connectivity index (χ0v) is 31.5. The Kier molecular flexibility index (Phi) is 16.5. The summed E-state index contributed by atoms with van der Waals surface area (Å²) in [6.07, 6.45) is 15.5. The maximum Gasteiger partial charge on any atom is 0.241 e. The third-order valence-electron chi connectivity index (χ3n) is 10.7. The fraction of sp³-hybridized carbons (Fsp3) is 0.718. The van der Waals surface area contributed by atoms with Crippen LogP contribution in [0.2, 0.25) is 0 Å². The van der Waals surface area contributed by atoms with Crippen LogP contribution in [0.5, 0.6) is 0 Å². The Bertz CT molecular complexity index is 1310. The van der Waals surface area contributed by atoms with Crippen LogP contribution in [0.25, 0.3) is 0 Å². The number of carbonyl (C=O) groups is 3. The normalized spacial score (nSPS) is 17.6. The van der Waals surface area contributed by atoms with Gasteiger partial charge in [-0.15, -0.1) is 11.3 Å². The third-order valence-corrected chi connectivity index (χ3v) is 11.4. The van der Waals surface area contributed by atoms with E-state index < -0.39 is 12.0 Å². The summed E-state index contributed by atoms with van der Waals surface area (Å²) in [5.74, 6) is -0.0302. The summed E-state index contributed by atoms with van der Waals surface area (Å²) < 4.78 is 0. The standard InChI is InChI=1S/C39H62N6O4S/c1-28(2)17-18-35(46)34(22-29-12-6-4-7-13-29)43-38(49)31(23-33-27-50-39(40)42-33)24-36(47)45(25-30-14-8-5-9-15-30)26-37(48)44(3)21-19-32-16-10-11-20-41-32/h10-11,16,20,27-31,34-35,46H,4-9,12-15,17-19,21-26H2,1-3H3,(H2,40,42)(H,43,49). The molecular weight excluding hydrogens is 649 g/mol. The molecule has 2 fully saturated rings. The highest BCUT2D eigenvalue weighted by atomic mass is 32.1. The molecular formula is C39H62N6O4S. The highest BCUT2D eigenvalue weighted by Gasteiger charge is 2.33. The lowest BCUT2D eigenvalue weighted by atomic mass is 9.82. The molecule has 278 valence electrons. The first-order valence-electron chi connectivity index (χ1n) is 19.2. The summed E-state index contributed by atoms with van der Waals surface area (Å²) in [6, 6.07) is 5.37. The average molecular weight is 711 g/mol. The molecule has 2 aliphatic rings. The maximum atomic E-state index is 14.3. The number of hydrogen-bond acceptors (Lipinski definition) is 8. The number of aliphatic hydroxyl groups is 1. The predicted molar refractivity (Wildman–Crippen MR) is 200 cm³/mol. The van der Waals surface area contributed by atoms with E-state index in [-0.39, 0.29) is 43.1 Å². The van der Waals surface area contributed by atoms with Crippen molar-refractivity contribution in [3.63, 3.8) is 0 Å². The summed E-state index contributed by atoms with van der Waals surface area (Å²) in [4.78, 5) is 54.2. The van der Waals surface area contributed by atoms with Crippen LogP contribution in [0, 0.1) is 23.7 Å². The Morgan fingerprint density at radius 2 is 1.68 bits per heavy atom. The zero-order chi connectivity index (χ0) is 35.9. The second-order valence-electron chi connectivity index (χ2n) is 15.3. The largest absolute Gasteiger partial charge is 0.391 e. The minimum Gasteiger partial charge on any atom is -0.391 e. The molecule has 2 saturated carbocycles. The van der Waals surface area contributed by atoms with Crippen LogP contribution in [-0.2, 0) is 27.2 Å². The number of rotatable bonds is 19. The second-order valence-corrected chi connectivity index (χ2v) is 16.2. The Morgan fingerprint density at radius 3 is 2.30 bits per heavy atom. The Labute approximate surface area is 304 Å². The number of amides is 3. The van der Waals surface area contributed by atoms with Gasteiger partial charge in [-0.25, -0.2) is 4.98 Å². The second kappa shape index (κ2) is 20.7. The Morgan fingerprint density at radius 1 is 0.980 bits per heavy atom. The minimum atomic E-state index is -0.707. The van der Waals surface area contributed by atoms with Crippen LogP contribution in [0.4, 0.5) is 5.13 Å². The van der Waals surface area contributed by atoms with Crippen molar-refractivity contribution in [1.82, 2.24) is 25.1 Å². The van der Waals surface area contributed by atoms with E-state index in [4.69, 9.17) is 5.73 Å². The van der Waals surface area contributed by atoms with E-state index in [0.717, 1.165) is 57.1 Å². The van der Waals surface area contributed by atoms with E-state index in [1.807, 2.05) is 23.6 Å². The number of aliphatic hydroxyl groups excluding tert-OH is 1. The van der Waals surface area contributed by atoms with Gasteiger partial charge in [-0.05, 0) is 62.0 Å². The fourth-order valence-corrected chi connectivity index (χ4v) is 8.11. The zero-order valence-electron chi connectivity index (χ0n) is 30.7. The van der Waals surface area contributed by atoms with Crippen LogP contribution in [0.1, 0.15) is 115 Å². The van der Waals surface area contributed by atoms with Crippen LogP contribution in [0.3, 0.4) is 0 Å². The summed E-state index contributed by atoms with van der Waals surface area (Å²) in [5.41, 5.74) is 7.55. The molecule has 10 nitrogen and oxygen atoms in total. The summed E-state index contributed by atoms with van der Waals surface area (Å²) in [6.45, 7) is 5.27. The Hall–Kier alpha value is -3.05. The van der Waals surface area contributed by atoms with Gasteiger partial charge in [0, 0.05) is 56.7 Å². The number of hydrogen-bond donors (Lipinski definition) is 3. The van der Waals surface area contributed by atoms with Crippen molar-refractivity contribution < 1.29 is 19.5 Å². The van der Waals surface area contributed by atoms with Crippen molar-refractivity contribution in [2.45, 2.75) is 129 Å². The molecule has 0 bridgehead atoms. The minimum absolute atomic E-state index is 0.0236. The molecule has 50 heavy (non-hydrogen) atoms. The van der Waals surface area contributed by atoms with Gasteiger partial charge >= 0.3 is 0 Å². The first-order valence-corrected chi connectivity index (χ1v) is 20.0. The van der Waals surface area contributed by atoms with Gasteiger partial charge in [0.25, 0.3) is 0 Å². The number of pyridine rings is 1. The quantitative estimate of drug-likeness (QED) is 0.162. The molecule has 4 rings (SSSR count). The summed E-state index contributed by atoms with van der Waals surface area (Å²) in [5, 5.41) is 16.9. The number of nitrogens with one attached hydrogen (secondary N) is 1. The van der Waals surface area contributed by atoms with Crippen molar-refractivity contribution in [3.8, 4) is 0 Å². The molecule has 3 atom stereocenters. The molecule has 0 aromatic carbocycles. The highest BCUT2D eigenvalue weighted by molar-refractivity contribution is 7.13. The van der Waals surface area contributed by atoms with Gasteiger partial charge < -0.3 is 26.0 Å². The van der Waals surface area contributed by atoms with E-state index in [9.17, 15) is 19.5 Å². The number of thiazole rings is 1. The smallest absolute Gasteiger partial charge is 0.241 e. The SMILES string of the molecule is CC(C)CCC(O)C(CC1CCCCC1)NC(=O)C(CC(=O)N(CC(=O)N(C)CCc1ccccn1)CC1CCCCC1)Cc1csc(N)n1. The number of nitrogen functional groups attached to an aromatic ring is 1. The first-order chi connectivity index (χ1) is 24.1. The highest BCUT2D eigenvalue weighted by Crippen LogP contribution is 2.30. The van der Waals surface area contributed by atoms with Crippen molar-refractivity contribution >= 4 is 34.2 Å². The topological polar surface area (TPSA) is 142 Å². The van der Waals surface area contributed by atoms with Crippen LogP contribution in [0.15, 0.2) is 29.8 Å². The number of aromatic nitrogens is 2. The van der Waals surface area contributed by atoms with E-state index >= 15 is 0 Å². The molecule has 4 N–H and O–H groups in total. The van der Waals surface area contributed by atoms with E-state index in [0.29, 0.717) is 54.5 Å². The van der Waals surface area contributed by atoms with Gasteiger partial charge in [-0.2, -0.15) is 0 Å². The number of anilines is 1. The van der Waals surface area contributed by atoms with E-state index in [1.165, 1.54) is 37.0 Å². The van der Waals surface area contributed by atoms with Crippen molar-refractivity contribution in [3.05, 3.63) is 41.2 Å². The van der Waals surface area contributed by atoms with Gasteiger partial charge in [0.2, 0.25) is 17.7 Å². The Balaban J connectivity index is 1.50. The predicted octanol–water partition coefficient (Wildman–Crippen LogP) is 6.03. The number of likely N-dealkylation sites (N-methyl/N-ethyl adjacent to an activating group) is 1. The number of carbonyl (C=O) groups excluding carboxylic acids is 3.